The zero-order valence-electron chi connectivity index (χ0n) is 13.7. The molecule has 0 saturated carbocycles. The van der Waals surface area contributed by atoms with Crippen LogP contribution in [0.15, 0.2) is 16.7 Å². The van der Waals surface area contributed by atoms with Gasteiger partial charge in [-0.1, -0.05) is 5.16 Å². The highest BCUT2D eigenvalue weighted by atomic mass is 35.5. The van der Waals surface area contributed by atoms with Crippen molar-refractivity contribution in [3.63, 3.8) is 0 Å². The lowest BCUT2D eigenvalue weighted by Gasteiger charge is -2.19. The molecule has 0 amide bonds. The molecule has 2 aromatic rings. The van der Waals surface area contributed by atoms with E-state index in [0.717, 1.165) is 6.54 Å². The summed E-state index contributed by atoms with van der Waals surface area (Å²) in [6, 6.07) is 3.55. The third kappa shape index (κ3) is 3.55. The first kappa shape index (κ1) is 18.3. The third-order valence-electron chi connectivity index (χ3n) is 3.57. The van der Waals surface area contributed by atoms with E-state index in [-0.39, 0.29) is 18.5 Å². The maximum atomic E-state index is 5.61. The summed E-state index contributed by atoms with van der Waals surface area (Å²) in [4.78, 5) is 4.42. The molecule has 8 nitrogen and oxygen atoms in total. The van der Waals surface area contributed by atoms with Crippen LogP contribution in [0.1, 0.15) is 12.0 Å². The molecule has 1 atom stereocenters. The van der Waals surface area contributed by atoms with Crippen molar-refractivity contribution in [3.05, 3.63) is 18.0 Å². The summed E-state index contributed by atoms with van der Waals surface area (Å²) in [5.41, 5.74) is 0.707. The van der Waals surface area contributed by atoms with Gasteiger partial charge < -0.3 is 28.8 Å². The first-order valence-electron chi connectivity index (χ1n) is 7.23. The molecule has 1 saturated heterocycles. The highest BCUT2D eigenvalue weighted by molar-refractivity contribution is 5.85. The Morgan fingerprint density at radius 2 is 1.83 bits per heavy atom. The van der Waals surface area contributed by atoms with Gasteiger partial charge in [0, 0.05) is 18.7 Å². The lowest BCUT2D eigenvalue weighted by atomic mass is 10.1. The van der Waals surface area contributed by atoms with Crippen LogP contribution < -0.4 is 19.5 Å². The zero-order chi connectivity index (χ0) is 16.2. The van der Waals surface area contributed by atoms with Gasteiger partial charge in [-0.15, -0.1) is 12.4 Å². The number of nitrogens with one attached hydrogen (secondary N) is 1. The lowest BCUT2D eigenvalue weighted by Crippen LogP contribution is -2.33. The van der Waals surface area contributed by atoms with Crippen molar-refractivity contribution in [1.82, 2.24) is 15.5 Å². The van der Waals surface area contributed by atoms with Gasteiger partial charge in [-0.05, 0) is 12.1 Å². The summed E-state index contributed by atoms with van der Waals surface area (Å²) in [6.45, 7) is 2.09. The predicted octanol–water partition coefficient (Wildman–Crippen LogP) is 1.85. The van der Waals surface area contributed by atoms with Crippen LogP contribution in [0, 0.1) is 0 Å². The predicted molar refractivity (Wildman–Crippen MR) is 88.2 cm³/mol. The number of hydrogen-bond acceptors (Lipinski definition) is 8. The highest BCUT2D eigenvalue weighted by Gasteiger charge is 2.23. The maximum absolute atomic E-state index is 5.61. The van der Waals surface area contributed by atoms with Crippen molar-refractivity contribution < 1.29 is 23.5 Å². The van der Waals surface area contributed by atoms with Gasteiger partial charge in [-0.25, -0.2) is 0 Å². The molecular weight excluding hydrogens is 338 g/mol. The van der Waals surface area contributed by atoms with Crippen molar-refractivity contribution in [2.24, 2.45) is 0 Å². The second kappa shape index (κ2) is 8.18. The summed E-state index contributed by atoms with van der Waals surface area (Å²) in [5.74, 6) is 2.46. The van der Waals surface area contributed by atoms with E-state index < -0.39 is 0 Å². The van der Waals surface area contributed by atoms with Crippen molar-refractivity contribution in [2.75, 3.05) is 41.0 Å². The second-order valence-corrected chi connectivity index (χ2v) is 4.93. The molecule has 0 spiro atoms. The molecule has 3 rings (SSSR count). The van der Waals surface area contributed by atoms with Crippen molar-refractivity contribution >= 4 is 12.4 Å². The number of rotatable bonds is 5. The average molecular weight is 358 g/mol. The van der Waals surface area contributed by atoms with Crippen molar-refractivity contribution in [3.8, 4) is 28.6 Å². The molecule has 1 aromatic carbocycles. The van der Waals surface area contributed by atoms with E-state index in [2.05, 4.69) is 15.5 Å². The van der Waals surface area contributed by atoms with Gasteiger partial charge in [0.25, 0.3) is 5.89 Å². The van der Waals surface area contributed by atoms with Crippen LogP contribution in [0.4, 0.5) is 0 Å². The number of halogens is 1. The molecule has 0 unspecified atom stereocenters. The number of hydrogen-bond donors (Lipinski definition) is 1. The molecule has 0 aliphatic carbocycles. The largest absolute Gasteiger partial charge is 0.493 e. The minimum atomic E-state index is -0.230. The van der Waals surface area contributed by atoms with Crippen LogP contribution in [0.3, 0.4) is 0 Å². The Hall–Kier alpha value is -2.03. The Morgan fingerprint density at radius 3 is 2.38 bits per heavy atom. The van der Waals surface area contributed by atoms with E-state index in [0.29, 0.717) is 47.7 Å². The van der Waals surface area contributed by atoms with Gasteiger partial charge in [0.1, 0.15) is 6.10 Å². The maximum Gasteiger partial charge on any atom is 0.257 e. The first-order chi connectivity index (χ1) is 11.3. The Kier molecular flexibility index (Phi) is 6.24. The summed E-state index contributed by atoms with van der Waals surface area (Å²) in [5, 5.41) is 7.25. The van der Waals surface area contributed by atoms with Crippen molar-refractivity contribution in [1.29, 1.82) is 0 Å². The summed E-state index contributed by atoms with van der Waals surface area (Å²) >= 11 is 0. The fourth-order valence-corrected chi connectivity index (χ4v) is 2.42. The smallest absolute Gasteiger partial charge is 0.257 e. The minimum absolute atomic E-state index is 0. The minimum Gasteiger partial charge on any atom is -0.493 e. The fourth-order valence-electron chi connectivity index (χ4n) is 2.42. The van der Waals surface area contributed by atoms with Gasteiger partial charge in [-0.3, -0.25) is 0 Å². The third-order valence-corrected chi connectivity index (χ3v) is 3.57. The van der Waals surface area contributed by atoms with Crippen LogP contribution in [0.2, 0.25) is 0 Å². The SMILES string of the molecule is COc1cc(-c2noc([C@@H]3CNCCO3)n2)cc(OC)c1OC.Cl. The molecule has 1 aromatic heterocycles. The number of benzene rings is 1. The topological polar surface area (TPSA) is 87.9 Å². The van der Waals surface area contributed by atoms with Gasteiger partial charge in [0.05, 0.1) is 27.9 Å². The second-order valence-electron chi connectivity index (χ2n) is 4.93. The van der Waals surface area contributed by atoms with Gasteiger partial charge in [0.15, 0.2) is 11.5 Å². The Morgan fingerprint density at radius 1 is 1.12 bits per heavy atom. The molecule has 1 aliphatic rings. The number of methoxy groups -OCH3 is 3. The number of morpholine rings is 1. The van der Waals surface area contributed by atoms with E-state index in [1.807, 2.05) is 0 Å². The Bertz CT molecular complexity index is 648. The number of aromatic nitrogens is 2. The number of ether oxygens (including phenoxy) is 4. The molecular formula is C15H20ClN3O5. The standard InChI is InChI=1S/C15H19N3O5.ClH/c1-19-10-6-9(7-11(20-2)13(10)21-3)14-17-15(23-18-14)12-8-16-4-5-22-12;/h6-7,12,16H,4-5,8H2,1-3H3;1H/t12-;/m0./s1. The zero-order valence-corrected chi connectivity index (χ0v) is 14.5. The molecule has 9 heteroatoms. The quantitative estimate of drug-likeness (QED) is 0.867. The monoisotopic (exact) mass is 357 g/mol. The summed E-state index contributed by atoms with van der Waals surface area (Å²) in [7, 11) is 4.68. The normalized spacial score (nSPS) is 17.0. The van der Waals surface area contributed by atoms with E-state index in [4.69, 9.17) is 23.5 Å². The van der Waals surface area contributed by atoms with Crippen molar-refractivity contribution in [2.45, 2.75) is 6.10 Å². The average Bonchev–Trinajstić information content (AvgIpc) is 3.11. The van der Waals surface area contributed by atoms with Crippen LogP contribution in [0.5, 0.6) is 17.2 Å². The molecule has 0 bridgehead atoms. The summed E-state index contributed by atoms with van der Waals surface area (Å²) < 4.78 is 26.9. The van der Waals surface area contributed by atoms with Crippen LogP contribution in [0.25, 0.3) is 11.4 Å². The fraction of sp³-hybridized carbons (Fsp3) is 0.467. The van der Waals surface area contributed by atoms with Gasteiger partial charge >= 0.3 is 0 Å². The highest BCUT2D eigenvalue weighted by Crippen LogP contribution is 2.40. The van der Waals surface area contributed by atoms with Gasteiger partial charge in [0.2, 0.25) is 11.6 Å². The van der Waals surface area contributed by atoms with Gasteiger partial charge in [-0.2, -0.15) is 4.98 Å². The molecule has 0 radical (unpaired) electrons. The van der Waals surface area contributed by atoms with E-state index in [1.165, 1.54) is 0 Å². The van der Waals surface area contributed by atoms with E-state index in [9.17, 15) is 0 Å². The van der Waals surface area contributed by atoms with Crippen LogP contribution in [-0.2, 0) is 4.74 Å². The van der Waals surface area contributed by atoms with Crippen LogP contribution in [-0.4, -0.2) is 51.2 Å². The van der Waals surface area contributed by atoms with E-state index >= 15 is 0 Å². The molecule has 1 fully saturated rings. The van der Waals surface area contributed by atoms with E-state index in [1.54, 1.807) is 33.5 Å². The lowest BCUT2D eigenvalue weighted by molar-refractivity contribution is 0.00755. The molecule has 24 heavy (non-hydrogen) atoms. The first-order valence-corrected chi connectivity index (χ1v) is 7.23. The molecule has 1 aliphatic heterocycles. The molecule has 2 heterocycles. The summed E-state index contributed by atoms with van der Waals surface area (Å²) in [6.07, 6.45) is -0.230. The van der Waals surface area contributed by atoms with Crippen LogP contribution >= 0.6 is 12.4 Å². The molecule has 132 valence electrons. The molecule has 1 N–H and O–H groups in total. The number of nitrogens with zero attached hydrogens (tertiary/aromatic N) is 2. The Labute approximate surface area is 145 Å². The Balaban J connectivity index is 0.00000208.